The van der Waals surface area contributed by atoms with Crippen LogP contribution in [-0.4, -0.2) is 38.5 Å². The van der Waals surface area contributed by atoms with E-state index in [2.05, 4.69) is 15.0 Å². The predicted molar refractivity (Wildman–Crippen MR) is 123 cm³/mol. The van der Waals surface area contributed by atoms with E-state index in [9.17, 15) is 13.6 Å². The number of halogens is 3. The quantitative estimate of drug-likeness (QED) is 0.493. The van der Waals surface area contributed by atoms with Gasteiger partial charge < -0.3 is 10.6 Å². The van der Waals surface area contributed by atoms with Crippen molar-refractivity contribution in [1.82, 2.24) is 19.3 Å². The minimum Gasteiger partial charge on any atom is -0.355 e. The molecule has 10 heteroatoms. The molecule has 0 spiro atoms. The van der Waals surface area contributed by atoms with Gasteiger partial charge in [-0.2, -0.15) is 5.10 Å². The minimum atomic E-state index is -0.666. The Hall–Kier alpha value is -3.30. The van der Waals surface area contributed by atoms with Crippen molar-refractivity contribution in [1.29, 1.82) is 0 Å². The maximum absolute atomic E-state index is 14.1. The summed E-state index contributed by atoms with van der Waals surface area (Å²) in [5.41, 5.74) is 6.59. The van der Waals surface area contributed by atoms with Crippen molar-refractivity contribution in [3.63, 3.8) is 0 Å². The van der Waals surface area contributed by atoms with Gasteiger partial charge in [0.05, 0.1) is 40.6 Å². The van der Waals surface area contributed by atoms with Crippen molar-refractivity contribution in [3.8, 4) is 5.69 Å². The van der Waals surface area contributed by atoms with Crippen LogP contribution in [0, 0.1) is 11.6 Å². The molecule has 5 rings (SSSR count). The van der Waals surface area contributed by atoms with Gasteiger partial charge in [0.15, 0.2) is 0 Å². The molecule has 1 aliphatic rings. The zero-order valence-electron chi connectivity index (χ0n) is 17.6. The molecule has 4 heterocycles. The normalized spacial score (nSPS) is 16.5. The van der Waals surface area contributed by atoms with Gasteiger partial charge in [0.2, 0.25) is 0 Å². The lowest BCUT2D eigenvalue weighted by molar-refractivity contribution is 0.503. The van der Waals surface area contributed by atoms with Gasteiger partial charge in [-0.1, -0.05) is 17.7 Å². The second kappa shape index (κ2) is 8.57. The van der Waals surface area contributed by atoms with Crippen LogP contribution in [0.5, 0.6) is 0 Å². The Morgan fingerprint density at radius 1 is 1.18 bits per heavy atom. The van der Waals surface area contributed by atoms with Gasteiger partial charge in [0.1, 0.15) is 17.5 Å². The highest BCUT2D eigenvalue weighted by molar-refractivity contribution is 6.32. The Balaban J connectivity index is 1.53. The third kappa shape index (κ3) is 3.98. The lowest BCUT2D eigenvalue weighted by Gasteiger charge is -2.32. The Kier molecular flexibility index (Phi) is 5.59. The zero-order chi connectivity index (χ0) is 23.1. The molecule has 1 fully saturated rings. The van der Waals surface area contributed by atoms with Crippen LogP contribution in [-0.2, 0) is 6.54 Å². The first kappa shape index (κ1) is 21.5. The van der Waals surface area contributed by atoms with Crippen LogP contribution < -0.4 is 16.2 Å². The number of anilines is 1. The summed E-state index contributed by atoms with van der Waals surface area (Å²) in [6.45, 7) is 1.37. The summed E-state index contributed by atoms with van der Waals surface area (Å²) in [4.78, 5) is 19.8. The zero-order valence-corrected chi connectivity index (χ0v) is 18.3. The first-order chi connectivity index (χ1) is 15.9. The molecule has 1 atom stereocenters. The predicted octanol–water partition coefficient (Wildman–Crippen LogP) is 3.49. The highest BCUT2D eigenvalue weighted by Crippen LogP contribution is 2.26. The summed E-state index contributed by atoms with van der Waals surface area (Å²) >= 11 is 6.40. The first-order valence-electron chi connectivity index (χ1n) is 10.6. The molecular formula is C23H21ClF2N6O. The molecule has 0 bridgehead atoms. The molecule has 7 nitrogen and oxygen atoms in total. The average molecular weight is 471 g/mol. The van der Waals surface area contributed by atoms with Crippen LogP contribution in [0.25, 0.3) is 16.6 Å². The van der Waals surface area contributed by atoms with E-state index < -0.39 is 11.6 Å². The van der Waals surface area contributed by atoms with E-state index in [1.165, 1.54) is 39.8 Å². The van der Waals surface area contributed by atoms with Gasteiger partial charge in [-0.05, 0) is 31.0 Å². The Morgan fingerprint density at radius 3 is 2.73 bits per heavy atom. The van der Waals surface area contributed by atoms with E-state index in [0.29, 0.717) is 34.0 Å². The second-order valence-corrected chi connectivity index (χ2v) is 8.54. The number of aromatic nitrogens is 4. The molecule has 0 aliphatic carbocycles. The number of fused-ring (bicyclic) bond motifs is 1. The number of pyridine rings is 2. The Labute approximate surface area is 193 Å². The molecule has 1 aromatic carbocycles. The molecular weight excluding hydrogens is 450 g/mol. The van der Waals surface area contributed by atoms with Gasteiger partial charge in [-0.25, -0.2) is 13.8 Å². The highest BCUT2D eigenvalue weighted by Gasteiger charge is 2.20. The number of hydrogen-bond donors (Lipinski definition) is 1. The molecule has 1 saturated heterocycles. The molecule has 0 radical (unpaired) electrons. The number of nitrogens with zero attached hydrogens (tertiary/aromatic N) is 5. The molecule has 33 heavy (non-hydrogen) atoms. The summed E-state index contributed by atoms with van der Waals surface area (Å²) < 4.78 is 31.0. The fraction of sp³-hybridized carbons (Fsp3) is 0.261. The fourth-order valence-corrected chi connectivity index (χ4v) is 4.41. The molecule has 2 N–H and O–H groups in total. The number of rotatable bonds is 4. The van der Waals surface area contributed by atoms with Crippen LogP contribution in [0.15, 0.2) is 53.7 Å². The number of piperidine rings is 1. The summed E-state index contributed by atoms with van der Waals surface area (Å²) in [6.07, 6.45) is 6.43. The largest absolute Gasteiger partial charge is 0.355 e. The summed E-state index contributed by atoms with van der Waals surface area (Å²) in [7, 11) is 0. The third-order valence-electron chi connectivity index (χ3n) is 5.94. The molecule has 0 amide bonds. The molecule has 0 saturated carbocycles. The van der Waals surface area contributed by atoms with Crippen molar-refractivity contribution in [3.05, 3.63) is 81.5 Å². The standard InChI is InChI=1S/C23H21ClF2N6O/c24-17-11-28-22(30-7-2-3-14(27)12-30)9-21(17)31-8-6-20-15(23(31)33)10-29-32(20)13-16-18(25)4-1-5-19(16)26/h1,4-6,8-11,14H,2-3,7,12-13,27H2. The van der Waals surface area contributed by atoms with Crippen LogP contribution in [0.1, 0.15) is 18.4 Å². The van der Waals surface area contributed by atoms with E-state index in [4.69, 9.17) is 17.3 Å². The fourth-order valence-electron chi connectivity index (χ4n) is 4.22. The maximum atomic E-state index is 14.1. The van der Waals surface area contributed by atoms with Crippen LogP contribution in [0.4, 0.5) is 14.6 Å². The Morgan fingerprint density at radius 2 is 1.97 bits per heavy atom. The van der Waals surface area contributed by atoms with E-state index >= 15 is 0 Å². The topological polar surface area (TPSA) is 82.0 Å². The number of hydrogen-bond acceptors (Lipinski definition) is 5. The van der Waals surface area contributed by atoms with Crippen molar-refractivity contribution < 1.29 is 8.78 Å². The van der Waals surface area contributed by atoms with Crippen LogP contribution >= 0.6 is 11.6 Å². The Bertz CT molecular complexity index is 1380. The molecule has 3 aromatic heterocycles. The molecule has 170 valence electrons. The summed E-state index contributed by atoms with van der Waals surface area (Å²) in [5, 5.41) is 4.82. The second-order valence-electron chi connectivity index (χ2n) is 8.13. The van der Waals surface area contributed by atoms with E-state index in [-0.39, 0.29) is 23.7 Å². The van der Waals surface area contributed by atoms with Crippen LogP contribution in [0.2, 0.25) is 5.02 Å². The van der Waals surface area contributed by atoms with Gasteiger partial charge >= 0.3 is 0 Å². The van der Waals surface area contributed by atoms with Gasteiger partial charge in [-0.3, -0.25) is 14.0 Å². The SMILES string of the molecule is NC1CCCN(c2cc(-n3ccc4c(cnn4Cc4c(F)cccc4F)c3=O)c(Cl)cn2)C1. The maximum Gasteiger partial charge on any atom is 0.266 e. The smallest absolute Gasteiger partial charge is 0.266 e. The van der Waals surface area contributed by atoms with Crippen molar-refractivity contribution in [2.24, 2.45) is 5.73 Å². The average Bonchev–Trinajstić information content (AvgIpc) is 3.21. The summed E-state index contributed by atoms with van der Waals surface area (Å²) in [5.74, 6) is -0.636. The highest BCUT2D eigenvalue weighted by atomic mass is 35.5. The lowest BCUT2D eigenvalue weighted by Crippen LogP contribution is -2.43. The minimum absolute atomic E-state index is 0.0730. The number of nitrogens with two attached hydrogens (primary N) is 1. The van der Waals surface area contributed by atoms with Gasteiger partial charge in [0, 0.05) is 37.0 Å². The van der Waals surface area contributed by atoms with E-state index in [1.54, 1.807) is 18.3 Å². The van der Waals surface area contributed by atoms with Gasteiger partial charge in [-0.15, -0.1) is 0 Å². The molecule has 1 aliphatic heterocycles. The van der Waals surface area contributed by atoms with E-state index in [1.807, 2.05) is 0 Å². The van der Waals surface area contributed by atoms with E-state index in [0.717, 1.165) is 19.4 Å². The van der Waals surface area contributed by atoms with Gasteiger partial charge in [0.25, 0.3) is 5.56 Å². The molecule has 1 unspecified atom stereocenters. The van der Waals surface area contributed by atoms with Crippen molar-refractivity contribution in [2.45, 2.75) is 25.4 Å². The summed E-state index contributed by atoms with van der Waals surface area (Å²) in [6, 6.07) is 7.20. The first-order valence-corrected chi connectivity index (χ1v) is 11.0. The van der Waals surface area contributed by atoms with Crippen molar-refractivity contribution in [2.75, 3.05) is 18.0 Å². The van der Waals surface area contributed by atoms with Crippen molar-refractivity contribution >= 4 is 28.3 Å². The lowest BCUT2D eigenvalue weighted by atomic mass is 10.1. The monoisotopic (exact) mass is 470 g/mol. The molecule has 4 aromatic rings. The van der Waals surface area contributed by atoms with Crippen LogP contribution in [0.3, 0.4) is 0 Å². The number of benzene rings is 1. The third-order valence-corrected chi connectivity index (χ3v) is 6.23.